The summed E-state index contributed by atoms with van der Waals surface area (Å²) in [6.07, 6.45) is 1.34. The fraction of sp³-hybridized carbons (Fsp3) is 0.478. The molecule has 4 rings (SSSR count). The zero-order valence-electron chi connectivity index (χ0n) is 18.7. The number of carbonyl (C=O) groups excluding carboxylic acids is 2. The Morgan fingerprint density at radius 1 is 1.23 bits per heavy atom. The van der Waals surface area contributed by atoms with Gasteiger partial charge in [0.1, 0.15) is 5.58 Å². The Bertz CT molecular complexity index is 1150. The van der Waals surface area contributed by atoms with Gasteiger partial charge < -0.3 is 18.7 Å². The lowest BCUT2D eigenvalue weighted by Crippen LogP contribution is -2.41. The molecule has 0 radical (unpaired) electrons. The molecular formula is C23H28N4O4. The third-order valence-corrected chi connectivity index (χ3v) is 6.10. The minimum atomic E-state index is -0.133. The number of nitrogens with zero attached hydrogens (tertiary/aromatic N) is 4. The summed E-state index contributed by atoms with van der Waals surface area (Å²) in [5.74, 6) is 1.21. The van der Waals surface area contributed by atoms with Crippen LogP contribution in [0.25, 0.3) is 11.0 Å². The normalized spacial score (nSPS) is 16.3. The minimum Gasteiger partial charge on any atom is -0.450 e. The van der Waals surface area contributed by atoms with Crippen molar-refractivity contribution in [2.24, 2.45) is 0 Å². The highest BCUT2D eigenvalue weighted by Gasteiger charge is 2.35. The van der Waals surface area contributed by atoms with E-state index in [9.17, 15) is 9.59 Å². The summed E-state index contributed by atoms with van der Waals surface area (Å²) in [5, 5.41) is 4.97. The molecule has 0 bridgehead atoms. The molecule has 1 aliphatic rings. The van der Waals surface area contributed by atoms with Gasteiger partial charge in [-0.3, -0.25) is 9.59 Å². The lowest BCUT2D eigenvalue weighted by atomic mass is 10.0. The lowest BCUT2D eigenvalue weighted by Gasteiger charge is -2.26. The highest BCUT2D eigenvalue weighted by molar-refractivity contribution is 6.00. The second-order valence-electron chi connectivity index (χ2n) is 8.26. The van der Waals surface area contributed by atoms with Crippen molar-refractivity contribution in [2.75, 3.05) is 13.1 Å². The molecule has 3 heterocycles. The van der Waals surface area contributed by atoms with Crippen LogP contribution in [0, 0.1) is 20.8 Å². The number of amides is 2. The summed E-state index contributed by atoms with van der Waals surface area (Å²) in [6, 6.07) is 3.96. The maximum Gasteiger partial charge on any atom is 0.289 e. The molecule has 1 aliphatic heterocycles. The smallest absolute Gasteiger partial charge is 0.289 e. The lowest BCUT2D eigenvalue weighted by molar-refractivity contribution is -0.131. The molecule has 3 aromatic rings. The number of likely N-dealkylation sites (tertiary alicyclic amines) is 1. The third-order valence-electron chi connectivity index (χ3n) is 6.10. The van der Waals surface area contributed by atoms with Crippen LogP contribution in [0.1, 0.15) is 59.2 Å². The SMILES string of the molecule is CCc1nc(CN(C(C)=O)C2CCN(C(=O)c3oc4c(C)ccc(C)c4c3C)C2)no1. The monoisotopic (exact) mass is 424 g/mol. The molecule has 0 N–H and O–H groups in total. The highest BCUT2D eigenvalue weighted by atomic mass is 16.5. The molecule has 1 fully saturated rings. The van der Waals surface area contributed by atoms with Crippen LogP contribution in [-0.2, 0) is 17.8 Å². The van der Waals surface area contributed by atoms with Crippen LogP contribution in [0.3, 0.4) is 0 Å². The van der Waals surface area contributed by atoms with E-state index in [0.717, 1.165) is 27.7 Å². The number of benzene rings is 1. The van der Waals surface area contributed by atoms with Gasteiger partial charge in [-0.1, -0.05) is 24.2 Å². The Morgan fingerprint density at radius 3 is 2.61 bits per heavy atom. The number of hydrogen-bond acceptors (Lipinski definition) is 6. The van der Waals surface area contributed by atoms with Crippen molar-refractivity contribution in [3.8, 4) is 0 Å². The second kappa shape index (κ2) is 8.17. The molecule has 1 unspecified atom stereocenters. The predicted molar refractivity (Wildman–Crippen MR) is 115 cm³/mol. The van der Waals surface area contributed by atoms with Gasteiger partial charge in [0.05, 0.1) is 12.6 Å². The fourth-order valence-corrected chi connectivity index (χ4v) is 4.35. The van der Waals surface area contributed by atoms with Crippen molar-refractivity contribution in [2.45, 2.75) is 60.0 Å². The summed E-state index contributed by atoms with van der Waals surface area (Å²) in [6.45, 7) is 10.7. The number of rotatable bonds is 5. The molecule has 1 saturated heterocycles. The predicted octanol–water partition coefficient (Wildman–Crippen LogP) is 3.57. The van der Waals surface area contributed by atoms with E-state index in [-0.39, 0.29) is 24.4 Å². The molecule has 0 spiro atoms. The van der Waals surface area contributed by atoms with Crippen LogP contribution >= 0.6 is 0 Å². The summed E-state index contributed by atoms with van der Waals surface area (Å²) in [4.78, 5) is 33.4. The van der Waals surface area contributed by atoms with Crippen molar-refractivity contribution in [1.29, 1.82) is 0 Å². The molecule has 8 nitrogen and oxygen atoms in total. The zero-order valence-corrected chi connectivity index (χ0v) is 18.7. The van der Waals surface area contributed by atoms with Crippen LogP contribution in [-0.4, -0.2) is 50.9 Å². The van der Waals surface area contributed by atoms with E-state index in [1.807, 2.05) is 39.8 Å². The Hall–Kier alpha value is -3.16. The Labute approximate surface area is 181 Å². The number of furan rings is 1. The standard InChI is InChI=1S/C23H28N4O4/c1-6-19-24-18(25-31-19)12-27(16(5)28)17-9-10-26(11-17)23(29)22-15(4)20-13(2)7-8-14(3)21(20)30-22/h7-8,17H,6,9-12H2,1-5H3. The topological polar surface area (TPSA) is 92.7 Å². The number of fused-ring (bicyclic) bond motifs is 1. The first-order valence-electron chi connectivity index (χ1n) is 10.7. The highest BCUT2D eigenvalue weighted by Crippen LogP contribution is 2.32. The Balaban J connectivity index is 1.53. The number of hydrogen-bond donors (Lipinski definition) is 0. The van der Waals surface area contributed by atoms with E-state index < -0.39 is 0 Å². The van der Waals surface area contributed by atoms with Crippen molar-refractivity contribution >= 4 is 22.8 Å². The molecule has 31 heavy (non-hydrogen) atoms. The van der Waals surface area contributed by atoms with Crippen molar-refractivity contribution in [3.63, 3.8) is 0 Å². The van der Waals surface area contributed by atoms with E-state index in [1.54, 1.807) is 9.80 Å². The summed E-state index contributed by atoms with van der Waals surface area (Å²) < 4.78 is 11.2. The van der Waals surface area contributed by atoms with E-state index >= 15 is 0 Å². The summed E-state index contributed by atoms with van der Waals surface area (Å²) in [7, 11) is 0. The van der Waals surface area contributed by atoms with Crippen molar-refractivity contribution in [1.82, 2.24) is 19.9 Å². The van der Waals surface area contributed by atoms with Gasteiger partial charge in [-0.05, 0) is 38.3 Å². The minimum absolute atomic E-state index is 0.0756. The molecule has 1 aromatic carbocycles. The van der Waals surface area contributed by atoms with Crippen LogP contribution in [0.15, 0.2) is 21.1 Å². The number of carbonyl (C=O) groups is 2. The Morgan fingerprint density at radius 2 is 1.97 bits per heavy atom. The van der Waals surface area contributed by atoms with Gasteiger partial charge >= 0.3 is 0 Å². The molecule has 0 aliphatic carbocycles. The van der Waals surface area contributed by atoms with Crippen molar-refractivity contribution < 1.29 is 18.5 Å². The molecule has 2 aromatic heterocycles. The van der Waals surface area contributed by atoms with Crippen LogP contribution in [0.5, 0.6) is 0 Å². The van der Waals surface area contributed by atoms with Gasteiger partial charge in [-0.25, -0.2) is 0 Å². The average molecular weight is 425 g/mol. The maximum absolute atomic E-state index is 13.3. The molecular weight excluding hydrogens is 396 g/mol. The van der Waals surface area contributed by atoms with Gasteiger partial charge in [0, 0.05) is 37.4 Å². The van der Waals surface area contributed by atoms with Crippen molar-refractivity contribution in [3.05, 3.63) is 46.3 Å². The number of aryl methyl sites for hydroxylation is 4. The van der Waals surface area contributed by atoms with Gasteiger partial charge in [-0.15, -0.1) is 0 Å². The second-order valence-corrected chi connectivity index (χ2v) is 8.26. The molecule has 0 saturated carbocycles. The number of aromatic nitrogens is 2. The first-order valence-corrected chi connectivity index (χ1v) is 10.7. The van der Waals surface area contributed by atoms with E-state index in [4.69, 9.17) is 8.94 Å². The summed E-state index contributed by atoms with van der Waals surface area (Å²) in [5.41, 5.74) is 3.74. The van der Waals surface area contributed by atoms with E-state index in [0.29, 0.717) is 43.4 Å². The summed E-state index contributed by atoms with van der Waals surface area (Å²) >= 11 is 0. The van der Waals surface area contributed by atoms with Gasteiger partial charge in [0.2, 0.25) is 11.8 Å². The van der Waals surface area contributed by atoms with Gasteiger partial charge in [0.15, 0.2) is 11.6 Å². The van der Waals surface area contributed by atoms with E-state index in [2.05, 4.69) is 10.1 Å². The molecule has 8 heteroatoms. The molecule has 1 atom stereocenters. The first kappa shape index (κ1) is 21.1. The largest absolute Gasteiger partial charge is 0.450 e. The van der Waals surface area contributed by atoms with Gasteiger partial charge in [0.25, 0.3) is 5.91 Å². The zero-order chi connectivity index (χ0) is 22.3. The van der Waals surface area contributed by atoms with Crippen LogP contribution in [0.2, 0.25) is 0 Å². The van der Waals surface area contributed by atoms with Crippen LogP contribution in [0.4, 0.5) is 0 Å². The molecule has 2 amide bonds. The third kappa shape index (κ3) is 3.82. The Kier molecular flexibility index (Phi) is 5.56. The quantitative estimate of drug-likeness (QED) is 0.622. The fourth-order valence-electron chi connectivity index (χ4n) is 4.35. The van der Waals surface area contributed by atoms with E-state index in [1.165, 1.54) is 6.92 Å². The van der Waals surface area contributed by atoms with Gasteiger partial charge in [-0.2, -0.15) is 4.98 Å². The maximum atomic E-state index is 13.3. The average Bonchev–Trinajstić information content (AvgIpc) is 3.47. The molecule has 164 valence electrons. The first-order chi connectivity index (χ1) is 14.8. The van der Waals surface area contributed by atoms with Crippen LogP contribution < -0.4 is 0 Å².